The smallest absolute Gasteiger partial charge is 1.00 e. The fraction of sp³-hybridized carbons (Fsp3) is 0. The van der Waals surface area contributed by atoms with Gasteiger partial charge in [-0.2, -0.15) is 8.42 Å². The van der Waals surface area contributed by atoms with Crippen LogP contribution in [0.4, 0.5) is 0 Å². The molecule has 0 heterocycles. The molecule has 0 radical (unpaired) electrons. The van der Waals surface area contributed by atoms with Crippen LogP contribution in [0, 0.1) is 0 Å². The Balaban J connectivity index is -0.0000000504. The molecule has 0 aliphatic rings. The van der Waals surface area contributed by atoms with Gasteiger partial charge < -0.3 is 4.28 Å². The first-order valence-corrected chi connectivity index (χ1v) is 4.85. The van der Waals surface area contributed by atoms with Gasteiger partial charge in [0.15, 0.2) is 0 Å². The molecule has 1 atom stereocenters. The van der Waals surface area contributed by atoms with Crippen molar-refractivity contribution in [3.8, 4) is 0 Å². The van der Waals surface area contributed by atoms with E-state index in [1.165, 1.54) is 6.07 Å². The van der Waals surface area contributed by atoms with E-state index in [0.717, 1.165) is 0 Å². The molecule has 0 bridgehead atoms. The third kappa shape index (κ3) is 7.00. The van der Waals surface area contributed by atoms with E-state index in [1.54, 1.807) is 18.2 Å². The predicted octanol–water partition coefficient (Wildman–Crippen LogP) is -8.22. The molecule has 1 rings (SSSR count). The maximum absolute atomic E-state index is 10.6. The molecule has 0 saturated heterocycles. The zero-order valence-corrected chi connectivity index (χ0v) is 16.5. The van der Waals surface area contributed by atoms with Crippen LogP contribution in [0.15, 0.2) is 29.2 Å². The summed E-state index contributed by atoms with van der Waals surface area (Å²) in [5, 5.41) is 0.468. The van der Waals surface area contributed by atoms with Gasteiger partial charge in [-0.25, -0.2) is 0 Å². The monoisotopic (exact) mass is 262 g/mol. The first-order chi connectivity index (χ1) is 5.02. The minimum atomic E-state index is -4.05. The van der Waals surface area contributed by atoms with Gasteiger partial charge in [-0.05, 0) is 11.4 Å². The molecule has 0 saturated carbocycles. The average molecular weight is 262 g/mol. The fourth-order valence-electron chi connectivity index (χ4n) is 0.715. The standard InChI is InChI=1S/C6H7O3PS.3Na.3H/c7-11(8,9)6-4-2-1-3-5(6)10;;;;;;/h1-4H,10H2,(H,7,8,9);;;;;;/q;3*+1;3*-1. The van der Waals surface area contributed by atoms with Crippen LogP contribution in [0.1, 0.15) is 4.28 Å². The maximum atomic E-state index is 10.6. The van der Waals surface area contributed by atoms with Crippen molar-refractivity contribution in [2.24, 2.45) is 0 Å². The van der Waals surface area contributed by atoms with Gasteiger partial charge in [0.2, 0.25) is 0 Å². The second kappa shape index (κ2) is 9.58. The second-order valence-corrected chi connectivity index (χ2v) is 4.02. The molecule has 3 nitrogen and oxygen atoms in total. The van der Waals surface area contributed by atoms with Crippen molar-refractivity contribution in [2.75, 3.05) is 0 Å². The Morgan fingerprint density at radius 2 is 1.57 bits per heavy atom. The van der Waals surface area contributed by atoms with Crippen LogP contribution in [0.2, 0.25) is 0 Å². The molecule has 0 aromatic heterocycles. The van der Waals surface area contributed by atoms with E-state index in [0.29, 0.717) is 5.30 Å². The normalized spacial score (nSPS) is 9.00. The molecule has 1 aromatic carbocycles. The van der Waals surface area contributed by atoms with Crippen molar-refractivity contribution in [3.63, 3.8) is 0 Å². The zero-order valence-electron chi connectivity index (χ0n) is 11.6. The zero-order chi connectivity index (χ0) is 8.48. The molecule has 0 aliphatic heterocycles. The molecular formula is C6H10Na3O3PS. The van der Waals surface area contributed by atoms with Gasteiger partial charge in [0.1, 0.15) is 4.90 Å². The van der Waals surface area contributed by atoms with E-state index in [4.69, 9.17) is 4.55 Å². The Morgan fingerprint density at radius 3 is 1.86 bits per heavy atom. The summed E-state index contributed by atoms with van der Waals surface area (Å²) in [4.78, 5) is -0.0648. The largest absolute Gasteiger partial charge is 1.00 e. The molecule has 0 spiro atoms. The Labute approximate surface area is 157 Å². The van der Waals surface area contributed by atoms with Crippen molar-refractivity contribution < 1.29 is 106 Å². The molecule has 1 N–H and O–H groups in total. The second-order valence-electron chi connectivity index (χ2n) is 2.01. The minimum Gasteiger partial charge on any atom is -1.00 e. The topological polar surface area (TPSA) is 54.4 Å². The summed E-state index contributed by atoms with van der Waals surface area (Å²) in [6.45, 7) is 0. The van der Waals surface area contributed by atoms with E-state index in [9.17, 15) is 8.42 Å². The first kappa shape index (κ1) is 21.8. The van der Waals surface area contributed by atoms with E-state index in [-0.39, 0.29) is 97.8 Å². The van der Waals surface area contributed by atoms with Crippen LogP contribution < -0.4 is 94.0 Å². The minimum absolute atomic E-state index is 0. The summed E-state index contributed by atoms with van der Waals surface area (Å²) in [6.07, 6.45) is 0. The molecule has 1 unspecified atom stereocenters. The van der Waals surface area contributed by atoms with Crippen LogP contribution in [-0.2, 0) is 10.1 Å². The van der Waals surface area contributed by atoms with Crippen molar-refractivity contribution >= 4 is 24.7 Å². The summed E-state index contributed by atoms with van der Waals surface area (Å²) in [6, 6.07) is 6.18. The van der Waals surface area contributed by atoms with Crippen LogP contribution in [0.3, 0.4) is 0 Å². The molecular weight excluding hydrogens is 252 g/mol. The summed E-state index contributed by atoms with van der Waals surface area (Å²) in [5.74, 6) is 0. The van der Waals surface area contributed by atoms with Crippen molar-refractivity contribution in [1.82, 2.24) is 0 Å². The third-order valence-electron chi connectivity index (χ3n) is 1.20. The van der Waals surface area contributed by atoms with Gasteiger partial charge in [-0.3, -0.25) is 4.55 Å². The van der Waals surface area contributed by atoms with Gasteiger partial charge in [-0.15, -0.1) is 9.24 Å². The summed E-state index contributed by atoms with van der Waals surface area (Å²) in [7, 11) is -1.82. The summed E-state index contributed by atoms with van der Waals surface area (Å²) < 4.78 is 29.8. The Hall–Kier alpha value is 2.56. The molecule has 66 valence electrons. The maximum Gasteiger partial charge on any atom is 1.00 e. The van der Waals surface area contributed by atoms with E-state index < -0.39 is 10.1 Å². The Bertz CT molecular complexity index is 380. The molecule has 1 aromatic rings. The van der Waals surface area contributed by atoms with E-state index in [1.807, 2.05) is 0 Å². The van der Waals surface area contributed by atoms with Crippen molar-refractivity contribution in [2.45, 2.75) is 4.90 Å². The summed E-state index contributed by atoms with van der Waals surface area (Å²) >= 11 is 0. The third-order valence-corrected chi connectivity index (χ3v) is 2.84. The predicted molar refractivity (Wildman–Crippen MR) is 48.9 cm³/mol. The number of benzene rings is 1. The number of rotatable bonds is 1. The fourth-order valence-corrected chi connectivity index (χ4v) is 1.99. The van der Waals surface area contributed by atoms with Gasteiger partial charge in [-0.1, -0.05) is 18.2 Å². The SMILES string of the molecule is O=S(=O)(O)c1ccccc1P.[H-].[H-].[H-].[Na+].[Na+].[Na+]. The van der Waals surface area contributed by atoms with Gasteiger partial charge >= 0.3 is 88.7 Å². The van der Waals surface area contributed by atoms with E-state index >= 15 is 0 Å². The van der Waals surface area contributed by atoms with Gasteiger partial charge in [0.25, 0.3) is 10.1 Å². The summed E-state index contributed by atoms with van der Waals surface area (Å²) in [5.41, 5.74) is 0. The van der Waals surface area contributed by atoms with Crippen LogP contribution >= 0.6 is 9.24 Å². The average Bonchev–Trinajstić information content (AvgIpc) is 1.86. The van der Waals surface area contributed by atoms with Gasteiger partial charge in [0, 0.05) is 0 Å². The molecule has 8 heteroatoms. The molecule has 14 heavy (non-hydrogen) atoms. The first-order valence-electron chi connectivity index (χ1n) is 2.84. The molecule has 0 amide bonds. The van der Waals surface area contributed by atoms with E-state index in [2.05, 4.69) is 9.24 Å². The molecule has 0 aliphatic carbocycles. The quantitative estimate of drug-likeness (QED) is 0.311. The Kier molecular flexibility index (Phi) is 14.9. The van der Waals surface area contributed by atoms with Crippen LogP contribution in [0.5, 0.6) is 0 Å². The van der Waals surface area contributed by atoms with Crippen molar-refractivity contribution in [3.05, 3.63) is 24.3 Å². The van der Waals surface area contributed by atoms with Crippen LogP contribution in [0.25, 0.3) is 0 Å². The number of hydrogen-bond acceptors (Lipinski definition) is 2. The van der Waals surface area contributed by atoms with Crippen molar-refractivity contribution in [1.29, 1.82) is 0 Å². The molecule has 0 fully saturated rings. The number of hydrogen-bond donors (Lipinski definition) is 1. The van der Waals surface area contributed by atoms with Crippen LogP contribution in [-0.4, -0.2) is 13.0 Å². The van der Waals surface area contributed by atoms with Gasteiger partial charge in [0.05, 0.1) is 0 Å². The Morgan fingerprint density at radius 1 is 1.14 bits per heavy atom.